The largest absolute Gasteiger partial charge is 0.381 e. The van der Waals surface area contributed by atoms with Crippen LogP contribution in [0.4, 0.5) is 0 Å². The van der Waals surface area contributed by atoms with E-state index in [4.69, 9.17) is 27.9 Å². The van der Waals surface area contributed by atoms with Crippen molar-refractivity contribution in [2.45, 2.75) is 11.3 Å². The Balaban J connectivity index is 2.66. The maximum atomic E-state index is 12.1. The van der Waals surface area contributed by atoms with Gasteiger partial charge in [-0.2, -0.15) is 0 Å². The third kappa shape index (κ3) is 5.79. The fraction of sp³-hybridized carbons (Fsp3) is 0.455. The number of rotatable bonds is 8. The number of sulfonamides is 1. The first-order chi connectivity index (χ1) is 9.38. The number of benzene rings is 1. The van der Waals surface area contributed by atoms with Gasteiger partial charge in [0.15, 0.2) is 0 Å². The number of halogens is 4. The predicted molar refractivity (Wildman–Crippen MR) is 88.6 cm³/mol. The van der Waals surface area contributed by atoms with E-state index >= 15 is 0 Å². The zero-order chi connectivity index (χ0) is 15.2. The van der Waals surface area contributed by atoms with E-state index in [1.165, 1.54) is 12.1 Å². The van der Waals surface area contributed by atoms with Crippen LogP contribution in [-0.4, -0.2) is 33.5 Å². The Bertz CT molecular complexity index is 532. The Hall–Kier alpha value is 0.630. The molecule has 0 atom stereocenters. The van der Waals surface area contributed by atoms with Gasteiger partial charge in [-0.25, -0.2) is 13.1 Å². The van der Waals surface area contributed by atoms with Gasteiger partial charge in [0.05, 0.1) is 16.7 Å². The van der Waals surface area contributed by atoms with Crippen LogP contribution in [0.1, 0.15) is 6.42 Å². The van der Waals surface area contributed by atoms with E-state index < -0.39 is 10.0 Å². The molecule has 1 aromatic rings. The average molecular weight is 470 g/mol. The maximum absolute atomic E-state index is 12.1. The van der Waals surface area contributed by atoms with E-state index in [9.17, 15) is 8.42 Å². The minimum atomic E-state index is -3.73. The molecule has 0 saturated carbocycles. The summed E-state index contributed by atoms with van der Waals surface area (Å²) in [6, 6.07) is 2.97. The van der Waals surface area contributed by atoms with Gasteiger partial charge in [-0.3, -0.25) is 0 Å². The third-order valence-corrected chi connectivity index (χ3v) is 5.37. The van der Waals surface area contributed by atoms with Gasteiger partial charge in [0.25, 0.3) is 0 Å². The summed E-state index contributed by atoms with van der Waals surface area (Å²) >= 11 is 18.3. The molecule has 0 amide bonds. The normalized spacial score (nSPS) is 11.8. The number of alkyl halides is 1. The molecule has 4 nitrogen and oxygen atoms in total. The van der Waals surface area contributed by atoms with Gasteiger partial charge in [-0.1, -0.05) is 55.1 Å². The molecule has 9 heteroatoms. The van der Waals surface area contributed by atoms with Crippen LogP contribution in [0.25, 0.3) is 0 Å². The molecule has 0 saturated heterocycles. The molecule has 0 aromatic heterocycles. The minimum absolute atomic E-state index is 0.0763. The minimum Gasteiger partial charge on any atom is -0.381 e. The summed E-state index contributed by atoms with van der Waals surface area (Å²) in [7, 11) is -3.73. The zero-order valence-corrected chi connectivity index (χ0v) is 15.8. The van der Waals surface area contributed by atoms with Crippen LogP contribution in [-0.2, 0) is 14.8 Å². The van der Waals surface area contributed by atoms with Gasteiger partial charge in [0, 0.05) is 23.0 Å². The van der Waals surface area contributed by atoms with E-state index in [0.717, 1.165) is 5.33 Å². The van der Waals surface area contributed by atoms with Gasteiger partial charge >= 0.3 is 0 Å². The summed E-state index contributed by atoms with van der Waals surface area (Å²) in [6.45, 7) is 1.33. The number of hydrogen-bond acceptors (Lipinski definition) is 3. The fourth-order valence-electron chi connectivity index (χ4n) is 1.40. The Morgan fingerprint density at radius 3 is 2.35 bits per heavy atom. The number of nitrogens with one attached hydrogen (secondary N) is 1. The van der Waals surface area contributed by atoms with Gasteiger partial charge < -0.3 is 4.74 Å². The highest BCUT2D eigenvalue weighted by Crippen LogP contribution is 2.32. The molecule has 1 aromatic carbocycles. The van der Waals surface area contributed by atoms with Crippen LogP contribution in [0, 0.1) is 0 Å². The number of hydrogen-bond donors (Lipinski definition) is 1. The average Bonchev–Trinajstić information content (AvgIpc) is 2.31. The van der Waals surface area contributed by atoms with Crippen molar-refractivity contribution in [3.63, 3.8) is 0 Å². The van der Waals surface area contributed by atoms with Gasteiger partial charge in [-0.15, -0.1) is 0 Å². The molecule has 1 N–H and O–H groups in total. The highest BCUT2D eigenvalue weighted by atomic mass is 79.9. The first-order valence-corrected chi connectivity index (χ1v) is 9.81. The van der Waals surface area contributed by atoms with Crippen LogP contribution in [0.5, 0.6) is 0 Å². The third-order valence-electron chi connectivity index (χ3n) is 2.21. The lowest BCUT2D eigenvalue weighted by molar-refractivity contribution is 0.149. The van der Waals surface area contributed by atoms with Crippen LogP contribution < -0.4 is 4.72 Å². The second-order valence-electron chi connectivity index (χ2n) is 3.75. The molecule has 0 aliphatic rings. The van der Waals surface area contributed by atoms with E-state index in [0.29, 0.717) is 24.1 Å². The summed E-state index contributed by atoms with van der Waals surface area (Å²) in [5, 5.41) is 0.905. The van der Waals surface area contributed by atoms with Crippen molar-refractivity contribution in [1.29, 1.82) is 0 Å². The van der Waals surface area contributed by atoms with E-state index in [1.807, 2.05) is 0 Å². The molecule has 0 fully saturated rings. The molecule has 0 radical (unpaired) electrons. The molecule has 0 aliphatic carbocycles. The van der Waals surface area contributed by atoms with Crippen molar-refractivity contribution in [2.75, 3.05) is 25.1 Å². The second kappa shape index (κ2) is 8.92. The quantitative estimate of drug-likeness (QED) is 0.465. The van der Waals surface area contributed by atoms with E-state index in [1.54, 1.807) is 0 Å². The predicted octanol–water partition coefficient (Wildman–Crippen LogP) is 3.84. The summed E-state index contributed by atoms with van der Waals surface area (Å²) in [5.74, 6) is 0. The zero-order valence-electron chi connectivity index (χ0n) is 10.3. The molecular formula is C11H13Br2Cl2NO3S. The second-order valence-corrected chi connectivity index (χ2v) is 7.98. The fourth-order valence-corrected chi connectivity index (χ4v) is 4.63. The summed E-state index contributed by atoms with van der Waals surface area (Å²) in [4.78, 5) is -0.106. The van der Waals surface area contributed by atoms with Crippen molar-refractivity contribution in [3.05, 3.63) is 26.7 Å². The highest BCUT2D eigenvalue weighted by molar-refractivity contribution is 9.10. The first kappa shape index (κ1) is 18.7. The lowest BCUT2D eigenvalue weighted by Crippen LogP contribution is -2.26. The standard InChI is InChI=1S/C11H13Br2Cl2NO3S/c12-2-5-19-4-1-3-16-20(17,18)11-9(14)6-8(13)7-10(11)15/h6-7,16H,1-5H2. The topological polar surface area (TPSA) is 55.4 Å². The Morgan fingerprint density at radius 2 is 1.80 bits per heavy atom. The lowest BCUT2D eigenvalue weighted by Gasteiger charge is -2.10. The Kier molecular flexibility index (Phi) is 8.33. The van der Waals surface area contributed by atoms with Crippen LogP contribution in [0.3, 0.4) is 0 Å². The van der Waals surface area contributed by atoms with Crippen LogP contribution in [0.15, 0.2) is 21.5 Å². The molecule has 0 bridgehead atoms. The van der Waals surface area contributed by atoms with Gasteiger partial charge in [0.1, 0.15) is 4.90 Å². The van der Waals surface area contributed by atoms with Crippen molar-refractivity contribution in [1.82, 2.24) is 4.72 Å². The SMILES string of the molecule is O=S(=O)(NCCCOCCBr)c1c(Cl)cc(Br)cc1Cl. The molecule has 0 unspecified atom stereocenters. The molecule has 1 rings (SSSR count). The van der Waals surface area contributed by atoms with E-state index in [2.05, 4.69) is 36.6 Å². The molecule has 114 valence electrons. The van der Waals surface area contributed by atoms with Gasteiger partial charge in [0.2, 0.25) is 10.0 Å². The van der Waals surface area contributed by atoms with Gasteiger partial charge in [-0.05, 0) is 18.6 Å². The first-order valence-electron chi connectivity index (χ1n) is 5.66. The van der Waals surface area contributed by atoms with Crippen molar-refractivity contribution in [3.8, 4) is 0 Å². The van der Waals surface area contributed by atoms with E-state index in [-0.39, 0.29) is 21.5 Å². The van der Waals surface area contributed by atoms with Crippen molar-refractivity contribution >= 4 is 65.1 Å². The Labute approximate surface area is 145 Å². The molecule has 0 heterocycles. The molecule has 0 aliphatic heterocycles. The summed E-state index contributed by atoms with van der Waals surface area (Å²) in [6.07, 6.45) is 0.567. The maximum Gasteiger partial charge on any atom is 0.243 e. The van der Waals surface area contributed by atoms with Crippen molar-refractivity contribution < 1.29 is 13.2 Å². The van der Waals surface area contributed by atoms with Crippen LogP contribution in [0.2, 0.25) is 10.0 Å². The number of ether oxygens (including phenoxy) is 1. The smallest absolute Gasteiger partial charge is 0.243 e. The monoisotopic (exact) mass is 467 g/mol. The molecule has 20 heavy (non-hydrogen) atoms. The lowest BCUT2D eigenvalue weighted by atomic mass is 10.4. The molecular weight excluding hydrogens is 457 g/mol. The summed E-state index contributed by atoms with van der Waals surface area (Å²) in [5.41, 5.74) is 0. The van der Waals surface area contributed by atoms with Crippen LogP contribution >= 0.6 is 55.1 Å². The Morgan fingerprint density at radius 1 is 1.20 bits per heavy atom. The highest BCUT2D eigenvalue weighted by Gasteiger charge is 2.21. The molecule has 0 spiro atoms. The summed E-state index contributed by atoms with van der Waals surface area (Å²) < 4.78 is 32.6. The van der Waals surface area contributed by atoms with Crippen molar-refractivity contribution in [2.24, 2.45) is 0 Å².